The van der Waals surface area contributed by atoms with Crippen LogP contribution in [0.2, 0.25) is 0 Å². The molecule has 0 radical (unpaired) electrons. The normalized spacial score (nSPS) is 14.9. The van der Waals surface area contributed by atoms with Gasteiger partial charge in [0.05, 0.1) is 17.6 Å². The lowest BCUT2D eigenvalue weighted by atomic mass is 10.3. The van der Waals surface area contributed by atoms with Gasteiger partial charge in [-0.25, -0.2) is 4.98 Å². The molecule has 0 aliphatic heterocycles. The molecule has 94 valence electrons. The molecule has 0 bridgehead atoms. The summed E-state index contributed by atoms with van der Waals surface area (Å²) in [5, 5.41) is 0. The number of rotatable bonds is 4. The Bertz CT molecular complexity index is 584. The van der Waals surface area contributed by atoms with Crippen molar-refractivity contribution in [1.82, 2.24) is 9.55 Å². The predicted molar refractivity (Wildman–Crippen MR) is 68.3 cm³/mol. The van der Waals surface area contributed by atoms with Crippen LogP contribution in [0.25, 0.3) is 11.0 Å². The molecule has 0 amide bonds. The van der Waals surface area contributed by atoms with Gasteiger partial charge in [-0.2, -0.15) is 0 Å². The molecule has 4 nitrogen and oxygen atoms in total. The summed E-state index contributed by atoms with van der Waals surface area (Å²) in [6, 6.07) is 7.94. The minimum absolute atomic E-state index is 0.192. The fraction of sp³-hybridized carbons (Fsp3) is 0.429. The van der Waals surface area contributed by atoms with Crippen LogP contribution in [0.4, 0.5) is 0 Å². The maximum absolute atomic E-state index is 11.7. The highest BCUT2D eigenvalue weighted by atomic mass is 16.5. The van der Waals surface area contributed by atoms with Crippen molar-refractivity contribution in [3.05, 3.63) is 30.1 Å². The highest BCUT2D eigenvalue weighted by Crippen LogP contribution is 2.40. The number of nitrogens with zero attached hydrogens (tertiary/aromatic N) is 2. The SMILES string of the molecule is CCOC(=O)Cn1c(C2CC2)nc2ccccc21. The number of hydrogen-bond donors (Lipinski definition) is 0. The molecule has 0 unspecified atom stereocenters. The van der Waals surface area contributed by atoms with Gasteiger partial charge in [0.25, 0.3) is 0 Å². The van der Waals surface area contributed by atoms with E-state index in [0.717, 1.165) is 16.9 Å². The zero-order chi connectivity index (χ0) is 12.5. The topological polar surface area (TPSA) is 44.1 Å². The maximum Gasteiger partial charge on any atom is 0.326 e. The lowest BCUT2D eigenvalue weighted by Gasteiger charge is -2.07. The first-order valence-electron chi connectivity index (χ1n) is 6.40. The van der Waals surface area contributed by atoms with Crippen LogP contribution >= 0.6 is 0 Å². The Hall–Kier alpha value is -1.84. The molecular weight excluding hydrogens is 228 g/mol. The number of imidazole rings is 1. The number of esters is 1. The first-order valence-corrected chi connectivity index (χ1v) is 6.40. The molecule has 0 spiro atoms. The smallest absolute Gasteiger partial charge is 0.326 e. The number of carbonyl (C=O) groups is 1. The Morgan fingerprint density at radius 2 is 2.22 bits per heavy atom. The van der Waals surface area contributed by atoms with Gasteiger partial charge in [-0.3, -0.25) is 4.79 Å². The molecule has 1 aromatic heterocycles. The van der Waals surface area contributed by atoms with Crippen LogP contribution in [-0.4, -0.2) is 22.1 Å². The Morgan fingerprint density at radius 1 is 1.44 bits per heavy atom. The van der Waals surface area contributed by atoms with Gasteiger partial charge < -0.3 is 9.30 Å². The molecule has 1 aliphatic carbocycles. The third-order valence-electron chi connectivity index (χ3n) is 3.22. The Balaban J connectivity index is 2.01. The molecule has 1 heterocycles. The number of carbonyl (C=O) groups excluding carboxylic acids is 1. The zero-order valence-electron chi connectivity index (χ0n) is 10.4. The lowest BCUT2D eigenvalue weighted by Crippen LogP contribution is -2.15. The van der Waals surface area contributed by atoms with Crippen LogP contribution in [0, 0.1) is 0 Å². The van der Waals surface area contributed by atoms with Gasteiger partial charge in [0.15, 0.2) is 0 Å². The fourth-order valence-electron chi connectivity index (χ4n) is 2.25. The molecule has 3 rings (SSSR count). The second-order valence-corrected chi connectivity index (χ2v) is 4.62. The summed E-state index contributed by atoms with van der Waals surface area (Å²) >= 11 is 0. The molecule has 1 aliphatic rings. The Labute approximate surface area is 106 Å². The first kappa shape index (κ1) is 11.3. The van der Waals surface area contributed by atoms with Gasteiger partial charge in [-0.05, 0) is 31.9 Å². The van der Waals surface area contributed by atoms with E-state index in [9.17, 15) is 4.79 Å². The third kappa shape index (κ3) is 1.98. The number of hydrogen-bond acceptors (Lipinski definition) is 3. The average Bonchev–Trinajstić information content (AvgIpc) is 3.14. The summed E-state index contributed by atoms with van der Waals surface area (Å²) in [7, 11) is 0. The van der Waals surface area contributed by atoms with Gasteiger partial charge in [0, 0.05) is 5.92 Å². The number of fused-ring (bicyclic) bond motifs is 1. The van der Waals surface area contributed by atoms with Crippen LogP contribution in [0.5, 0.6) is 0 Å². The van der Waals surface area contributed by atoms with Gasteiger partial charge in [0.1, 0.15) is 12.4 Å². The van der Waals surface area contributed by atoms with E-state index in [1.807, 2.05) is 35.8 Å². The molecule has 0 N–H and O–H groups in total. The standard InChI is InChI=1S/C14H16N2O2/c1-2-18-13(17)9-16-12-6-4-3-5-11(12)15-14(16)10-7-8-10/h3-6,10H,2,7-9H2,1H3. The number of para-hydroxylation sites is 2. The average molecular weight is 244 g/mol. The van der Waals surface area contributed by atoms with Crippen molar-refractivity contribution in [2.24, 2.45) is 0 Å². The van der Waals surface area contributed by atoms with Gasteiger partial charge in [0.2, 0.25) is 0 Å². The highest BCUT2D eigenvalue weighted by Gasteiger charge is 2.30. The van der Waals surface area contributed by atoms with Crippen molar-refractivity contribution < 1.29 is 9.53 Å². The third-order valence-corrected chi connectivity index (χ3v) is 3.22. The molecule has 1 aromatic carbocycles. The molecule has 18 heavy (non-hydrogen) atoms. The highest BCUT2D eigenvalue weighted by molar-refractivity contribution is 5.79. The van der Waals surface area contributed by atoms with E-state index in [1.165, 1.54) is 12.8 Å². The number of ether oxygens (including phenoxy) is 1. The van der Waals surface area contributed by atoms with Gasteiger partial charge >= 0.3 is 5.97 Å². The maximum atomic E-state index is 11.7. The Kier molecular flexibility index (Phi) is 2.78. The van der Waals surface area contributed by atoms with Crippen molar-refractivity contribution >= 4 is 17.0 Å². The van der Waals surface area contributed by atoms with Crippen molar-refractivity contribution in [2.45, 2.75) is 32.2 Å². The van der Waals surface area contributed by atoms with Crippen molar-refractivity contribution in [3.63, 3.8) is 0 Å². The van der Waals surface area contributed by atoms with Crippen molar-refractivity contribution in [3.8, 4) is 0 Å². The summed E-state index contributed by atoms with van der Waals surface area (Å²) in [4.78, 5) is 16.3. The van der Waals surface area contributed by atoms with Gasteiger partial charge in [-0.15, -0.1) is 0 Å². The quantitative estimate of drug-likeness (QED) is 0.776. The van der Waals surface area contributed by atoms with E-state index >= 15 is 0 Å². The summed E-state index contributed by atoms with van der Waals surface area (Å²) in [6.45, 7) is 2.51. The molecule has 0 saturated heterocycles. The molecule has 0 atom stereocenters. The predicted octanol–water partition coefficient (Wildman–Crippen LogP) is 2.48. The molecule has 1 fully saturated rings. The summed E-state index contributed by atoms with van der Waals surface area (Å²) in [6.07, 6.45) is 2.35. The van der Waals surface area contributed by atoms with E-state index < -0.39 is 0 Å². The summed E-state index contributed by atoms with van der Waals surface area (Å²) < 4.78 is 7.04. The molecule has 2 aromatic rings. The van der Waals surface area contributed by atoms with Crippen LogP contribution < -0.4 is 0 Å². The van der Waals surface area contributed by atoms with Crippen LogP contribution in [0.1, 0.15) is 31.5 Å². The van der Waals surface area contributed by atoms with E-state index in [0.29, 0.717) is 12.5 Å². The second-order valence-electron chi connectivity index (χ2n) is 4.62. The number of aromatic nitrogens is 2. The Morgan fingerprint density at radius 3 is 2.94 bits per heavy atom. The molecule has 1 saturated carbocycles. The molecular formula is C14H16N2O2. The van der Waals surface area contributed by atoms with Crippen molar-refractivity contribution in [1.29, 1.82) is 0 Å². The van der Waals surface area contributed by atoms with E-state index in [-0.39, 0.29) is 12.5 Å². The minimum atomic E-state index is -0.192. The number of benzene rings is 1. The van der Waals surface area contributed by atoms with Crippen LogP contribution in [-0.2, 0) is 16.1 Å². The van der Waals surface area contributed by atoms with Crippen LogP contribution in [0.15, 0.2) is 24.3 Å². The van der Waals surface area contributed by atoms with E-state index in [2.05, 4.69) is 4.98 Å². The summed E-state index contributed by atoms with van der Waals surface area (Å²) in [5.74, 6) is 1.36. The van der Waals surface area contributed by atoms with Crippen molar-refractivity contribution in [2.75, 3.05) is 6.61 Å². The van der Waals surface area contributed by atoms with E-state index in [4.69, 9.17) is 4.74 Å². The largest absolute Gasteiger partial charge is 0.465 e. The molecule has 4 heteroatoms. The lowest BCUT2D eigenvalue weighted by molar-refractivity contribution is -0.143. The minimum Gasteiger partial charge on any atom is -0.465 e. The first-order chi connectivity index (χ1) is 8.79. The monoisotopic (exact) mass is 244 g/mol. The fourth-order valence-corrected chi connectivity index (χ4v) is 2.25. The summed E-state index contributed by atoms with van der Waals surface area (Å²) in [5.41, 5.74) is 1.98. The van der Waals surface area contributed by atoms with Gasteiger partial charge in [-0.1, -0.05) is 12.1 Å². The second kappa shape index (κ2) is 4.44. The van der Waals surface area contributed by atoms with Crippen LogP contribution in [0.3, 0.4) is 0 Å². The zero-order valence-corrected chi connectivity index (χ0v) is 10.4. The van der Waals surface area contributed by atoms with E-state index in [1.54, 1.807) is 0 Å².